The predicted octanol–water partition coefficient (Wildman–Crippen LogP) is 4.29. The zero-order valence-electron chi connectivity index (χ0n) is 10.2. The van der Waals surface area contributed by atoms with E-state index in [0.29, 0.717) is 0 Å². The number of carboxylic acid groups (broad SMARTS) is 1. The molecule has 0 heterocycles. The van der Waals surface area contributed by atoms with Gasteiger partial charge in [0.25, 0.3) is 0 Å². The van der Waals surface area contributed by atoms with E-state index < -0.39 is 11.4 Å². The van der Waals surface area contributed by atoms with Crippen LogP contribution >= 0.6 is 15.9 Å². The van der Waals surface area contributed by atoms with Gasteiger partial charge in [-0.15, -0.1) is 0 Å². The Morgan fingerprint density at radius 3 is 2.38 bits per heavy atom. The highest BCUT2D eigenvalue weighted by molar-refractivity contribution is 9.12. The van der Waals surface area contributed by atoms with E-state index in [9.17, 15) is 9.90 Å². The molecule has 16 heavy (non-hydrogen) atoms. The summed E-state index contributed by atoms with van der Waals surface area (Å²) >= 11 is 3.43. The second-order valence-corrected chi connectivity index (χ2v) is 4.85. The summed E-state index contributed by atoms with van der Waals surface area (Å²) in [7, 11) is 0. The Balaban J connectivity index is 5.34. The molecule has 0 saturated carbocycles. The largest absolute Gasteiger partial charge is 0.481 e. The van der Waals surface area contributed by atoms with E-state index in [1.54, 1.807) is 13.8 Å². The topological polar surface area (TPSA) is 37.3 Å². The molecule has 0 saturated heterocycles. The van der Waals surface area contributed by atoms with Crippen molar-refractivity contribution in [2.75, 3.05) is 0 Å². The third-order valence-electron chi connectivity index (χ3n) is 2.31. The molecule has 0 aliphatic carbocycles. The molecule has 0 aliphatic rings. The van der Waals surface area contributed by atoms with Crippen LogP contribution in [0, 0.1) is 5.41 Å². The van der Waals surface area contributed by atoms with E-state index in [0.717, 1.165) is 16.5 Å². The number of allylic oxidation sites excluding steroid dienone is 5. The van der Waals surface area contributed by atoms with Gasteiger partial charge in [-0.25, -0.2) is 0 Å². The van der Waals surface area contributed by atoms with Gasteiger partial charge in [-0.3, -0.25) is 4.79 Å². The summed E-state index contributed by atoms with van der Waals surface area (Å²) in [6, 6.07) is 0. The van der Waals surface area contributed by atoms with Gasteiger partial charge in [0.15, 0.2) is 0 Å². The molecule has 1 N–H and O–H groups in total. The molecule has 0 radical (unpaired) electrons. The first-order chi connectivity index (χ1) is 7.37. The zero-order valence-corrected chi connectivity index (χ0v) is 11.8. The maximum Gasteiger partial charge on any atom is 0.313 e. The standard InChI is InChI=1S/C13H19BrO2/c1-5-7-9-11(14)10(8-6-2)13(3,4)12(15)16/h5,7-9H,6H2,1-4H3,(H,15,16)/b7-5-,10-8+,11-9+. The van der Waals surface area contributed by atoms with Crippen LogP contribution in [0.1, 0.15) is 34.1 Å². The molecule has 0 unspecified atom stereocenters. The van der Waals surface area contributed by atoms with E-state index in [2.05, 4.69) is 15.9 Å². The average molecular weight is 287 g/mol. The minimum absolute atomic E-state index is 0.806. The molecular formula is C13H19BrO2. The lowest BCUT2D eigenvalue weighted by atomic mass is 9.83. The van der Waals surface area contributed by atoms with Gasteiger partial charge in [0.05, 0.1) is 5.41 Å². The van der Waals surface area contributed by atoms with E-state index in [1.807, 2.05) is 38.2 Å². The fourth-order valence-corrected chi connectivity index (χ4v) is 2.05. The Hall–Kier alpha value is -0.830. The van der Waals surface area contributed by atoms with Crippen LogP contribution < -0.4 is 0 Å². The van der Waals surface area contributed by atoms with Crippen molar-refractivity contribution in [1.82, 2.24) is 0 Å². The number of aliphatic carboxylic acids is 1. The zero-order chi connectivity index (χ0) is 12.8. The third kappa shape index (κ3) is 3.97. The Morgan fingerprint density at radius 1 is 1.44 bits per heavy atom. The summed E-state index contributed by atoms with van der Waals surface area (Å²) in [5.74, 6) is -0.821. The van der Waals surface area contributed by atoms with Crippen molar-refractivity contribution in [2.24, 2.45) is 5.41 Å². The average Bonchev–Trinajstić information content (AvgIpc) is 2.21. The molecule has 3 heteroatoms. The number of halogens is 1. The summed E-state index contributed by atoms with van der Waals surface area (Å²) in [6.45, 7) is 7.33. The summed E-state index contributed by atoms with van der Waals surface area (Å²) in [6.07, 6.45) is 8.40. The molecule has 0 rings (SSSR count). The normalized spacial score (nSPS) is 14.6. The lowest BCUT2D eigenvalue weighted by Gasteiger charge is -2.23. The number of hydrogen-bond acceptors (Lipinski definition) is 1. The van der Waals surface area contributed by atoms with Crippen LogP contribution in [0.3, 0.4) is 0 Å². The van der Waals surface area contributed by atoms with Crippen LogP contribution in [0.2, 0.25) is 0 Å². The van der Waals surface area contributed by atoms with Gasteiger partial charge in [0.2, 0.25) is 0 Å². The molecule has 0 spiro atoms. The molecule has 0 aromatic carbocycles. The molecule has 2 nitrogen and oxygen atoms in total. The first-order valence-electron chi connectivity index (χ1n) is 5.30. The second-order valence-electron chi connectivity index (χ2n) is 4.00. The molecular weight excluding hydrogens is 268 g/mol. The summed E-state index contributed by atoms with van der Waals surface area (Å²) < 4.78 is 0.819. The van der Waals surface area contributed by atoms with Crippen LogP contribution in [0.5, 0.6) is 0 Å². The lowest BCUT2D eigenvalue weighted by Crippen LogP contribution is -2.26. The second kappa shape index (κ2) is 6.69. The monoisotopic (exact) mass is 286 g/mol. The molecule has 0 aromatic rings. The maximum atomic E-state index is 11.2. The van der Waals surface area contributed by atoms with Crippen LogP contribution in [-0.2, 0) is 4.79 Å². The number of hydrogen-bond donors (Lipinski definition) is 1. The fraction of sp³-hybridized carbons (Fsp3) is 0.462. The van der Waals surface area contributed by atoms with Crippen molar-refractivity contribution in [3.05, 3.63) is 34.4 Å². The van der Waals surface area contributed by atoms with Gasteiger partial charge >= 0.3 is 5.97 Å². The molecule has 0 fully saturated rings. The first kappa shape index (κ1) is 15.2. The van der Waals surface area contributed by atoms with Crippen LogP contribution in [0.15, 0.2) is 34.4 Å². The molecule has 0 amide bonds. The number of rotatable bonds is 5. The van der Waals surface area contributed by atoms with Gasteiger partial charge in [-0.2, -0.15) is 0 Å². The van der Waals surface area contributed by atoms with Crippen molar-refractivity contribution in [3.63, 3.8) is 0 Å². The molecule has 0 atom stereocenters. The fourth-order valence-electron chi connectivity index (χ4n) is 1.24. The van der Waals surface area contributed by atoms with Crippen LogP contribution in [0.4, 0.5) is 0 Å². The van der Waals surface area contributed by atoms with Gasteiger partial charge < -0.3 is 5.11 Å². The maximum absolute atomic E-state index is 11.2. The lowest BCUT2D eigenvalue weighted by molar-refractivity contribution is -0.144. The van der Waals surface area contributed by atoms with Gasteiger partial charge in [-0.1, -0.05) is 41.1 Å². The molecule has 90 valence electrons. The Morgan fingerprint density at radius 2 is 2.00 bits per heavy atom. The van der Waals surface area contributed by atoms with Crippen molar-refractivity contribution in [1.29, 1.82) is 0 Å². The van der Waals surface area contributed by atoms with Crippen molar-refractivity contribution in [3.8, 4) is 0 Å². The van der Waals surface area contributed by atoms with E-state index in [4.69, 9.17) is 0 Å². The first-order valence-corrected chi connectivity index (χ1v) is 6.10. The molecule has 0 aromatic heterocycles. The number of carbonyl (C=O) groups is 1. The molecule has 0 aliphatic heterocycles. The predicted molar refractivity (Wildman–Crippen MR) is 71.6 cm³/mol. The minimum atomic E-state index is -0.882. The van der Waals surface area contributed by atoms with E-state index >= 15 is 0 Å². The summed E-state index contributed by atoms with van der Waals surface area (Å²) in [4.78, 5) is 11.2. The van der Waals surface area contributed by atoms with Gasteiger partial charge in [-0.05, 0) is 38.8 Å². The molecule has 0 bridgehead atoms. The highest BCUT2D eigenvalue weighted by Gasteiger charge is 2.32. The summed E-state index contributed by atoms with van der Waals surface area (Å²) in [5, 5.41) is 9.21. The highest BCUT2D eigenvalue weighted by Crippen LogP contribution is 2.35. The third-order valence-corrected chi connectivity index (χ3v) is 3.00. The van der Waals surface area contributed by atoms with E-state index in [1.165, 1.54) is 0 Å². The Bertz CT molecular complexity index is 336. The van der Waals surface area contributed by atoms with Crippen LogP contribution in [0.25, 0.3) is 0 Å². The minimum Gasteiger partial charge on any atom is -0.481 e. The van der Waals surface area contributed by atoms with E-state index in [-0.39, 0.29) is 0 Å². The van der Waals surface area contributed by atoms with Crippen molar-refractivity contribution >= 4 is 21.9 Å². The Kier molecular flexibility index (Phi) is 6.34. The quantitative estimate of drug-likeness (QED) is 0.766. The van der Waals surface area contributed by atoms with Gasteiger partial charge in [0.1, 0.15) is 0 Å². The SMILES string of the molecule is C\C=C/C=C(Br)\C(=C/CC)C(C)(C)C(=O)O. The number of carboxylic acids is 1. The smallest absolute Gasteiger partial charge is 0.313 e. The van der Waals surface area contributed by atoms with Crippen LogP contribution in [-0.4, -0.2) is 11.1 Å². The highest BCUT2D eigenvalue weighted by atomic mass is 79.9. The summed E-state index contributed by atoms with van der Waals surface area (Å²) in [5.41, 5.74) is -0.0759. The van der Waals surface area contributed by atoms with Crippen molar-refractivity contribution in [2.45, 2.75) is 34.1 Å². The Labute approximate surface area is 106 Å². The van der Waals surface area contributed by atoms with Gasteiger partial charge in [0, 0.05) is 4.48 Å². The van der Waals surface area contributed by atoms with Crippen molar-refractivity contribution < 1.29 is 9.90 Å².